The van der Waals surface area contributed by atoms with Crippen molar-refractivity contribution in [2.75, 3.05) is 30.0 Å². The van der Waals surface area contributed by atoms with Gasteiger partial charge in [0.25, 0.3) is 5.91 Å². The summed E-state index contributed by atoms with van der Waals surface area (Å²) in [6.07, 6.45) is 3.66. The van der Waals surface area contributed by atoms with E-state index < -0.39 is 0 Å². The molecule has 0 radical (unpaired) electrons. The third kappa shape index (κ3) is 4.34. The van der Waals surface area contributed by atoms with Crippen LogP contribution in [0.5, 0.6) is 5.75 Å². The van der Waals surface area contributed by atoms with E-state index in [0.29, 0.717) is 30.0 Å². The summed E-state index contributed by atoms with van der Waals surface area (Å²) >= 11 is 0. The molecule has 4 rings (SSSR count). The van der Waals surface area contributed by atoms with Crippen LogP contribution in [-0.4, -0.2) is 37.7 Å². The van der Waals surface area contributed by atoms with Gasteiger partial charge in [0.2, 0.25) is 5.91 Å². The zero-order valence-electron chi connectivity index (χ0n) is 15.7. The van der Waals surface area contributed by atoms with Crippen LogP contribution in [0.1, 0.15) is 36.0 Å². The Balaban J connectivity index is 1.40. The standard InChI is InChI=1S/C22H24N2O4/c25-21-10-3-11-24(21)18-7-2-6-17(14-18)23-22(26)16-5-1-8-19(13-16)28-15-20-9-4-12-27-20/h1-2,5-8,13-14,20H,3-4,9-12,15H2,(H,23,26). The second-order valence-electron chi connectivity index (χ2n) is 7.13. The molecular formula is C22H24N2O4. The fourth-order valence-corrected chi connectivity index (χ4v) is 3.57. The lowest BCUT2D eigenvalue weighted by atomic mass is 10.2. The van der Waals surface area contributed by atoms with Crippen LogP contribution in [0.4, 0.5) is 11.4 Å². The molecule has 0 aliphatic carbocycles. The first-order chi connectivity index (χ1) is 13.7. The highest BCUT2D eigenvalue weighted by atomic mass is 16.5. The van der Waals surface area contributed by atoms with Gasteiger partial charge in [-0.25, -0.2) is 0 Å². The van der Waals surface area contributed by atoms with Gasteiger partial charge >= 0.3 is 0 Å². The maximum absolute atomic E-state index is 12.7. The molecule has 2 aliphatic heterocycles. The zero-order chi connectivity index (χ0) is 19.3. The molecular weight excluding hydrogens is 356 g/mol. The molecule has 2 saturated heterocycles. The van der Waals surface area contributed by atoms with Crippen molar-refractivity contribution in [1.82, 2.24) is 0 Å². The van der Waals surface area contributed by atoms with Crippen molar-refractivity contribution in [3.63, 3.8) is 0 Å². The van der Waals surface area contributed by atoms with E-state index in [0.717, 1.165) is 38.1 Å². The average molecular weight is 380 g/mol. The zero-order valence-corrected chi connectivity index (χ0v) is 15.7. The monoisotopic (exact) mass is 380 g/mol. The van der Waals surface area contributed by atoms with Crippen molar-refractivity contribution in [2.45, 2.75) is 31.8 Å². The highest BCUT2D eigenvalue weighted by molar-refractivity contribution is 6.05. The summed E-state index contributed by atoms with van der Waals surface area (Å²) in [5, 5.41) is 2.90. The van der Waals surface area contributed by atoms with Gasteiger partial charge in [-0.3, -0.25) is 9.59 Å². The van der Waals surface area contributed by atoms with Crippen molar-refractivity contribution in [1.29, 1.82) is 0 Å². The Morgan fingerprint density at radius 2 is 2.07 bits per heavy atom. The fourth-order valence-electron chi connectivity index (χ4n) is 3.57. The van der Waals surface area contributed by atoms with E-state index in [4.69, 9.17) is 9.47 Å². The van der Waals surface area contributed by atoms with Crippen molar-refractivity contribution in [2.24, 2.45) is 0 Å². The van der Waals surface area contributed by atoms with Crippen LogP contribution in [0, 0.1) is 0 Å². The lowest BCUT2D eigenvalue weighted by Crippen LogP contribution is -2.23. The molecule has 0 saturated carbocycles. The molecule has 0 spiro atoms. The normalized spacial score (nSPS) is 19.1. The molecule has 28 heavy (non-hydrogen) atoms. The molecule has 2 aromatic rings. The van der Waals surface area contributed by atoms with Gasteiger partial charge in [0.15, 0.2) is 0 Å². The Labute approximate surface area is 164 Å². The Morgan fingerprint density at radius 3 is 2.86 bits per heavy atom. The first kappa shape index (κ1) is 18.5. The molecule has 2 amide bonds. The summed E-state index contributed by atoms with van der Waals surface area (Å²) in [5.41, 5.74) is 1.99. The number of carbonyl (C=O) groups excluding carboxylic acids is 2. The summed E-state index contributed by atoms with van der Waals surface area (Å²) in [7, 11) is 0. The SMILES string of the molecule is O=C(Nc1cccc(N2CCCC2=O)c1)c1cccc(OCC2CCCO2)c1. The van der Waals surface area contributed by atoms with Gasteiger partial charge in [0.05, 0.1) is 6.10 Å². The van der Waals surface area contributed by atoms with Gasteiger partial charge in [-0.1, -0.05) is 12.1 Å². The van der Waals surface area contributed by atoms with Crippen LogP contribution < -0.4 is 15.0 Å². The van der Waals surface area contributed by atoms with Crippen molar-refractivity contribution < 1.29 is 19.1 Å². The van der Waals surface area contributed by atoms with E-state index in [1.54, 1.807) is 23.1 Å². The molecule has 146 valence electrons. The molecule has 6 heteroatoms. The fraction of sp³-hybridized carbons (Fsp3) is 0.364. The largest absolute Gasteiger partial charge is 0.491 e. The van der Waals surface area contributed by atoms with E-state index in [-0.39, 0.29) is 17.9 Å². The van der Waals surface area contributed by atoms with Crippen molar-refractivity contribution in [3.05, 3.63) is 54.1 Å². The van der Waals surface area contributed by atoms with Gasteiger partial charge in [0, 0.05) is 36.5 Å². The maximum Gasteiger partial charge on any atom is 0.255 e. The Hall–Kier alpha value is -2.86. The quantitative estimate of drug-likeness (QED) is 0.831. The molecule has 1 N–H and O–H groups in total. The number of rotatable bonds is 6. The number of hydrogen-bond donors (Lipinski definition) is 1. The molecule has 0 bridgehead atoms. The third-order valence-electron chi connectivity index (χ3n) is 5.05. The maximum atomic E-state index is 12.7. The van der Waals surface area contributed by atoms with E-state index >= 15 is 0 Å². The van der Waals surface area contributed by atoms with Gasteiger partial charge < -0.3 is 19.7 Å². The number of nitrogens with zero attached hydrogens (tertiary/aromatic N) is 1. The topological polar surface area (TPSA) is 67.9 Å². The van der Waals surface area contributed by atoms with Gasteiger partial charge in [-0.05, 0) is 55.7 Å². The first-order valence-corrected chi connectivity index (χ1v) is 9.75. The summed E-state index contributed by atoms with van der Waals surface area (Å²) < 4.78 is 11.3. The first-order valence-electron chi connectivity index (χ1n) is 9.75. The highest BCUT2D eigenvalue weighted by Crippen LogP contribution is 2.25. The van der Waals surface area contributed by atoms with Crippen LogP contribution in [-0.2, 0) is 9.53 Å². The third-order valence-corrected chi connectivity index (χ3v) is 5.05. The Kier molecular flexibility index (Phi) is 5.58. The minimum absolute atomic E-state index is 0.125. The summed E-state index contributed by atoms with van der Waals surface area (Å²) in [6, 6.07) is 14.5. The number of amides is 2. The van der Waals surface area contributed by atoms with Crippen LogP contribution in [0.2, 0.25) is 0 Å². The van der Waals surface area contributed by atoms with Gasteiger partial charge in [-0.15, -0.1) is 0 Å². The number of nitrogens with one attached hydrogen (secondary N) is 1. The van der Waals surface area contributed by atoms with Gasteiger partial charge in [0.1, 0.15) is 12.4 Å². The lowest BCUT2D eigenvalue weighted by molar-refractivity contribution is -0.117. The summed E-state index contributed by atoms with van der Waals surface area (Å²) in [5.74, 6) is 0.562. The molecule has 6 nitrogen and oxygen atoms in total. The van der Waals surface area contributed by atoms with Crippen LogP contribution in [0.25, 0.3) is 0 Å². The van der Waals surface area contributed by atoms with Crippen LogP contribution in [0.15, 0.2) is 48.5 Å². The van der Waals surface area contributed by atoms with E-state index in [2.05, 4.69) is 5.32 Å². The molecule has 2 fully saturated rings. The molecule has 1 unspecified atom stereocenters. The molecule has 2 aliphatic rings. The van der Waals surface area contributed by atoms with Crippen molar-refractivity contribution in [3.8, 4) is 5.75 Å². The summed E-state index contributed by atoms with van der Waals surface area (Å²) in [6.45, 7) is 2.01. The Bertz CT molecular complexity index is 861. The van der Waals surface area contributed by atoms with E-state index in [9.17, 15) is 9.59 Å². The predicted molar refractivity (Wildman–Crippen MR) is 107 cm³/mol. The Morgan fingerprint density at radius 1 is 1.18 bits per heavy atom. The second-order valence-corrected chi connectivity index (χ2v) is 7.13. The van der Waals surface area contributed by atoms with Crippen molar-refractivity contribution >= 4 is 23.2 Å². The highest BCUT2D eigenvalue weighted by Gasteiger charge is 2.22. The van der Waals surface area contributed by atoms with Crippen LogP contribution in [0.3, 0.4) is 0 Å². The van der Waals surface area contributed by atoms with E-state index in [1.807, 2.05) is 30.3 Å². The number of carbonyl (C=O) groups is 2. The molecule has 2 heterocycles. The van der Waals surface area contributed by atoms with E-state index in [1.165, 1.54) is 0 Å². The number of hydrogen-bond acceptors (Lipinski definition) is 4. The molecule has 1 atom stereocenters. The molecule has 0 aromatic heterocycles. The average Bonchev–Trinajstić information content (AvgIpc) is 3.38. The van der Waals surface area contributed by atoms with Crippen LogP contribution >= 0.6 is 0 Å². The minimum atomic E-state index is -0.215. The predicted octanol–water partition coefficient (Wildman–Crippen LogP) is 3.62. The molecule has 2 aromatic carbocycles. The lowest BCUT2D eigenvalue weighted by Gasteiger charge is -2.17. The van der Waals surface area contributed by atoms with Gasteiger partial charge in [-0.2, -0.15) is 0 Å². The smallest absolute Gasteiger partial charge is 0.255 e. The number of ether oxygens (including phenoxy) is 2. The number of anilines is 2. The minimum Gasteiger partial charge on any atom is -0.491 e. The summed E-state index contributed by atoms with van der Waals surface area (Å²) in [4.78, 5) is 26.4. The number of benzene rings is 2. The second kappa shape index (κ2) is 8.44.